The Morgan fingerprint density at radius 3 is 1.76 bits per heavy atom. The van der Waals surface area contributed by atoms with Gasteiger partial charge in [0.1, 0.15) is 50.8 Å². The van der Waals surface area contributed by atoms with Crippen LogP contribution in [0.15, 0.2) is 90.5 Å². The Bertz CT molecular complexity index is 2840. The maximum atomic E-state index is 13.2. The Hall–Kier alpha value is -6.69. The van der Waals surface area contributed by atoms with Crippen LogP contribution in [0.5, 0.6) is 5.75 Å². The van der Waals surface area contributed by atoms with Crippen molar-refractivity contribution in [2.45, 2.75) is 47.5 Å². The van der Waals surface area contributed by atoms with E-state index in [1.807, 2.05) is 0 Å². The maximum Gasteiger partial charge on any atom is 0.346 e. The van der Waals surface area contributed by atoms with Crippen LogP contribution in [0.3, 0.4) is 0 Å². The van der Waals surface area contributed by atoms with Crippen molar-refractivity contribution >= 4 is 114 Å². The summed E-state index contributed by atoms with van der Waals surface area (Å²) >= 11 is 13.3. The fourth-order valence-electron chi connectivity index (χ4n) is 4.75. The highest BCUT2D eigenvalue weighted by atomic mass is 79.9. The number of ether oxygens (including phenoxy) is 3. The van der Waals surface area contributed by atoms with Crippen LogP contribution in [0.2, 0.25) is 0 Å². The zero-order valence-corrected chi connectivity index (χ0v) is 39.7. The summed E-state index contributed by atoms with van der Waals surface area (Å²) < 4.78 is 62.1. The predicted octanol–water partition coefficient (Wildman–Crippen LogP) is 7.84. The summed E-state index contributed by atoms with van der Waals surface area (Å²) in [5, 5.41) is 12.4. The molecule has 0 atom stereocenters. The van der Waals surface area contributed by atoms with Gasteiger partial charge in [0.15, 0.2) is 12.1 Å². The largest absolute Gasteiger partial charge is 0.507 e. The van der Waals surface area contributed by atoms with Crippen LogP contribution < -0.4 is 22.7 Å². The minimum absolute atomic E-state index is 0. The van der Waals surface area contributed by atoms with Gasteiger partial charge in [0.05, 0.1) is 65.4 Å². The summed E-state index contributed by atoms with van der Waals surface area (Å²) in [6.45, 7) is 6.18. The van der Waals surface area contributed by atoms with Gasteiger partial charge in [-0.1, -0.05) is 47.8 Å². The number of nitrogens with zero attached hydrogens (tertiary/aromatic N) is 1. The van der Waals surface area contributed by atoms with Crippen LogP contribution in [-0.4, -0.2) is 75.2 Å². The molecule has 0 aliphatic carbocycles. The number of aldehydes is 1. The number of phenols is 1. The van der Waals surface area contributed by atoms with Crippen molar-refractivity contribution in [2.75, 3.05) is 25.2 Å². The van der Waals surface area contributed by atoms with Gasteiger partial charge in [-0.05, 0) is 69.3 Å². The zero-order chi connectivity index (χ0) is 50.2. The van der Waals surface area contributed by atoms with Gasteiger partial charge in [0.2, 0.25) is 0 Å². The zero-order valence-electron chi connectivity index (χ0n) is 35.6. The molecule has 0 aliphatic rings. The van der Waals surface area contributed by atoms with E-state index in [1.54, 1.807) is 32.2 Å². The molecular formula is C45H45BrF3N3O13S3. The number of alkyl halides is 1. The van der Waals surface area contributed by atoms with E-state index in [4.69, 9.17) is 30.1 Å². The third-order valence-electron chi connectivity index (χ3n) is 7.61. The first-order chi connectivity index (χ1) is 31.7. The van der Waals surface area contributed by atoms with Crippen LogP contribution in [0, 0.1) is 17.5 Å². The van der Waals surface area contributed by atoms with Gasteiger partial charge in [-0.2, -0.15) is 0 Å². The number of halogens is 4. The molecule has 0 bridgehead atoms. The van der Waals surface area contributed by atoms with Crippen LogP contribution in [-0.2, 0) is 39.8 Å². The average molecular weight is 1070 g/mol. The number of ketones is 1. The number of hydrogen-bond donors (Lipinski definition) is 3. The molecule has 0 amide bonds. The van der Waals surface area contributed by atoms with Gasteiger partial charge in [0.25, 0.3) is 0 Å². The Morgan fingerprint density at radius 2 is 1.26 bits per heavy atom. The second-order valence-corrected chi connectivity index (χ2v) is 15.1. The van der Waals surface area contributed by atoms with Crippen molar-refractivity contribution in [2.24, 2.45) is 11.5 Å². The molecule has 0 radical (unpaired) electrons. The van der Waals surface area contributed by atoms with Gasteiger partial charge < -0.3 is 39.6 Å². The lowest BCUT2D eigenvalue weighted by molar-refractivity contribution is -0.145. The molecule has 0 unspecified atom stereocenters. The molecule has 3 heterocycles. The highest BCUT2D eigenvalue weighted by molar-refractivity contribution is 9.09. The number of fused-ring (bicyclic) bond motifs is 2. The normalized spacial score (nSPS) is 9.81. The van der Waals surface area contributed by atoms with Crippen molar-refractivity contribution in [1.29, 1.82) is 0 Å². The lowest BCUT2D eigenvalue weighted by Crippen LogP contribution is -2.19. The summed E-state index contributed by atoms with van der Waals surface area (Å²) in [5.74, 6) is -3.15. The van der Waals surface area contributed by atoms with Crippen molar-refractivity contribution < 1.29 is 65.3 Å². The molecule has 3 aromatic carbocycles. The van der Waals surface area contributed by atoms with E-state index in [0.29, 0.717) is 47.6 Å². The number of thiocarbonyl (C=S) groups is 2. The quantitative estimate of drug-likeness (QED) is 0.0189. The second-order valence-electron chi connectivity index (χ2n) is 12.7. The number of thiazole rings is 1. The molecule has 16 nitrogen and oxygen atoms in total. The van der Waals surface area contributed by atoms with E-state index in [2.05, 4.69) is 54.8 Å². The van der Waals surface area contributed by atoms with E-state index in [0.717, 1.165) is 24.3 Å². The molecule has 0 spiro atoms. The van der Waals surface area contributed by atoms with E-state index < -0.39 is 34.7 Å². The van der Waals surface area contributed by atoms with Crippen LogP contribution >= 0.6 is 51.7 Å². The van der Waals surface area contributed by atoms with Crippen molar-refractivity contribution in [3.8, 4) is 16.3 Å². The molecule has 364 valence electrons. The van der Waals surface area contributed by atoms with Gasteiger partial charge in [-0.15, -0.1) is 11.3 Å². The molecule has 6 rings (SSSR count). The van der Waals surface area contributed by atoms with Crippen molar-refractivity contribution in [3.63, 3.8) is 0 Å². The molecule has 0 saturated carbocycles. The van der Waals surface area contributed by atoms with E-state index >= 15 is 0 Å². The molecule has 6 aromatic rings. The Balaban J connectivity index is 0.000000449. The Labute approximate surface area is 409 Å². The monoisotopic (exact) mass is 1070 g/mol. The number of rotatable bonds is 13. The number of aromatic hydroxyl groups is 1. The second kappa shape index (κ2) is 30.6. The fourth-order valence-corrected chi connectivity index (χ4v) is 6.04. The number of carbonyl (C=O) groups excluding carboxylic acids is 5. The van der Waals surface area contributed by atoms with E-state index in [9.17, 15) is 46.7 Å². The number of carbonyl (C=O) groups is 5. The first-order valence-electron chi connectivity index (χ1n) is 19.2. The number of esters is 3. The highest BCUT2D eigenvalue weighted by Gasteiger charge is 2.15. The predicted molar refractivity (Wildman–Crippen MR) is 260 cm³/mol. The van der Waals surface area contributed by atoms with Crippen molar-refractivity contribution in [1.82, 2.24) is 4.98 Å². The van der Waals surface area contributed by atoms with E-state index in [1.165, 1.54) is 47.7 Å². The highest BCUT2D eigenvalue weighted by Crippen LogP contribution is 2.25. The number of benzene rings is 3. The number of phenolic OH excluding ortho intramolecular Hbond substituents is 1. The van der Waals surface area contributed by atoms with Gasteiger partial charge >= 0.3 is 29.2 Å². The molecular weight excluding hydrogens is 1020 g/mol. The number of aromatic nitrogens is 1. The minimum Gasteiger partial charge on any atom is -0.507 e. The van der Waals surface area contributed by atoms with Crippen LogP contribution in [0.4, 0.5) is 13.2 Å². The summed E-state index contributed by atoms with van der Waals surface area (Å²) in [5.41, 5.74) is 10.5. The molecule has 5 N–H and O–H groups in total. The third-order valence-corrected chi connectivity index (χ3v) is 9.53. The molecule has 0 saturated heterocycles. The number of nitrogens with two attached hydrogens (primary N) is 2. The lowest BCUT2D eigenvalue weighted by atomic mass is 10.2. The average Bonchev–Trinajstić information content (AvgIpc) is 3.71. The molecule has 23 heteroatoms. The SMILES string of the molecule is C.CCOC(=O)CC(=O)CBr.CCOC(=O)CC(N)=S.CCOC(=O)Cc1csc(-c2cc3ccc(F)cc3oc2=O)n1.NC(=S)c1cc2ccc(F)cc2oc1=O.O=Cc1ccc(F)cc1O. The summed E-state index contributed by atoms with van der Waals surface area (Å²) in [7, 11) is 0. The number of Topliss-reactive ketones (excluding diaryl/α,β-unsaturated/α-hetero) is 1. The fraction of sp³-hybridized carbons (Fsp3) is 0.244. The Kier molecular flexibility index (Phi) is 26.7. The number of hydrogen-bond acceptors (Lipinski definition) is 17. The van der Waals surface area contributed by atoms with Crippen molar-refractivity contribution in [3.05, 3.63) is 127 Å². The summed E-state index contributed by atoms with van der Waals surface area (Å²) in [6, 6.07) is 14.2. The molecule has 0 fully saturated rings. The minimum atomic E-state index is -0.652. The lowest BCUT2D eigenvalue weighted by Gasteiger charge is -2.00. The van der Waals surface area contributed by atoms with Gasteiger partial charge in [-0.3, -0.25) is 24.0 Å². The van der Waals surface area contributed by atoms with Crippen LogP contribution in [0.25, 0.3) is 32.5 Å². The Morgan fingerprint density at radius 1 is 0.765 bits per heavy atom. The third kappa shape index (κ3) is 20.9. The van der Waals surface area contributed by atoms with Gasteiger partial charge in [0, 0.05) is 34.4 Å². The topological polar surface area (TPSA) is 259 Å². The molecule has 3 aromatic heterocycles. The summed E-state index contributed by atoms with van der Waals surface area (Å²) in [6.07, 6.45) is 0.436. The first kappa shape index (κ1) is 59.3. The maximum absolute atomic E-state index is 13.2. The van der Waals surface area contributed by atoms with Crippen LogP contribution in [0.1, 0.15) is 62.7 Å². The smallest absolute Gasteiger partial charge is 0.346 e. The summed E-state index contributed by atoms with van der Waals surface area (Å²) in [4.78, 5) is 80.9. The van der Waals surface area contributed by atoms with E-state index in [-0.39, 0.29) is 93.3 Å². The molecule has 0 aliphatic heterocycles. The first-order valence-corrected chi connectivity index (χ1v) is 22.0. The van der Waals surface area contributed by atoms with Gasteiger partial charge in [-0.25, -0.2) is 27.7 Å². The standard InChI is InChI=1S/C16H12FNO4S.C10H6FNO2S.C7H5FO2.C6H9BrO3.C5H9NO2S.CH4/c1-2-21-14(19)7-11-8-23-15(18-11)12-5-9-3-4-10(17)6-13(9)22-16(12)20;11-6-2-1-5-3-7(9(12)15)10(13)14-8(5)4-6;8-6-2-1-5(4-9)7(10)3-6;1-2-10-6(9)3-5(8)4-7;1-2-8-5(7)3-4(6)9;/h3-6,8H,2,7H2,1H3;1-4H,(H2,12,15);1-4,10H;2-4H2,1H3;2-3H2,1H3,(H2,6,9);1H4. The molecule has 68 heavy (non-hydrogen) atoms.